The van der Waals surface area contributed by atoms with Crippen LogP contribution in [0, 0.1) is 0 Å². The van der Waals surface area contributed by atoms with Crippen molar-refractivity contribution in [2.45, 2.75) is 44.8 Å². The van der Waals surface area contributed by atoms with E-state index in [1.165, 1.54) is 12.1 Å². The third-order valence-corrected chi connectivity index (χ3v) is 4.19. The molecule has 3 rings (SSSR count). The quantitative estimate of drug-likeness (QED) is 0.906. The van der Waals surface area contributed by atoms with E-state index in [0.717, 1.165) is 5.56 Å². The molecule has 132 valence electrons. The number of alkyl halides is 2. The fraction of sp³-hybridized carbons (Fsp3) is 0.562. The first-order valence-corrected chi connectivity index (χ1v) is 7.62. The summed E-state index contributed by atoms with van der Waals surface area (Å²) in [4.78, 5) is 13.0. The van der Waals surface area contributed by atoms with Crippen LogP contribution in [0.3, 0.4) is 0 Å². The lowest BCUT2D eigenvalue weighted by atomic mass is 9.98. The van der Waals surface area contributed by atoms with E-state index in [1.807, 2.05) is 13.8 Å². The molecular weight excluding hydrogens is 324 g/mol. The Morgan fingerprint density at radius 1 is 1.33 bits per heavy atom. The molecule has 0 aliphatic carbocycles. The Bertz CT molecular complexity index is 649. The largest absolute Gasteiger partial charge is 0.586 e. The van der Waals surface area contributed by atoms with Crippen molar-refractivity contribution in [3.8, 4) is 11.5 Å². The molecule has 2 aliphatic rings. The summed E-state index contributed by atoms with van der Waals surface area (Å²) in [5, 5.41) is 8.93. The van der Waals surface area contributed by atoms with Gasteiger partial charge in [-0.1, -0.05) is 6.07 Å². The van der Waals surface area contributed by atoms with Crippen molar-refractivity contribution in [3.63, 3.8) is 0 Å². The highest BCUT2D eigenvalue weighted by Crippen LogP contribution is 2.41. The van der Waals surface area contributed by atoms with E-state index in [0.29, 0.717) is 19.7 Å². The summed E-state index contributed by atoms with van der Waals surface area (Å²) < 4.78 is 40.7. The molecule has 2 heterocycles. The van der Waals surface area contributed by atoms with E-state index >= 15 is 0 Å². The molecule has 0 spiro atoms. The Morgan fingerprint density at radius 2 is 2.04 bits per heavy atom. The fourth-order valence-corrected chi connectivity index (χ4v) is 2.87. The number of nitrogens with zero attached hydrogens (tertiary/aromatic N) is 1. The molecule has 2 aliphatic heterocycles. The van der Waals surface area contributed by atoms with Gasteiger partial charge in [-0.2, -0.15) is 0 Å². The smallest absolute Gasteiger partial charge is 0.481 e. The molecule has 6 nitrogen and oxygen atoms in total. The summed E-state index contributed by atoms with van der Waals surface area (Å²) in [5.41, 5.74) is 0.481. The van der Waals surface area contributed by atoms with Gasteiger partial charge in [-0.3, -0.25) is 9.69 Å². The molecule has 0 amide bonds. The number of benzene rings is 1. The van der Waals surface area contributed by atoms with E-state index in [1.54, 1.807) is 6.07 Å². The molecule has 0 saturated carbocycles. The molecule has 24 heavy (non-hydrogen) atoms. The van der Waals surface area contributed by atoms with Gasteiger partial charge in [-0.25, -0.2) is 0 Å². The minimum atomic E-state index is -3.63. The summed E-state index contributed by atoms with van der Waals surface area (Å²) in [6.07, 6.45) is -4.10. The molecule has 1 aromatic rings. The number of carboxylic acids is 1. The highest BCUT2D eigenvalue weighted by Gasteiger charge is 2.43. The van der Waals surface area contributed by atoms with Gasteiger partial charge in [0.1, 0.15) is 0 Å². The predicted molar refractivity (Wildman–Crippen MR) is 79.1 cm³/mol. The van der Waals surface area contributed by atoms with Crippen LogP contribution < -0.4 is 9.47 Å². The summed E-state index contributed by atoms with van der Waals surface area (Å²) in [7, 11) is 0. The average molecular weight is 343 g/mol. The second kappa shape index (κ2) is 5.86. The number of carbonyl (C=O) groups is 1. The lowest BCUT2D eigenvalue weighted by molar-refractivity contribution is -0.286. The summed E-state index contributed by atoms with van der Waals surface area (Å²) in [6, 6.07) is 4.67. The van der Waals surface area contributed by atoms with Crippen LogP contribution in [-0.2, 0) is 16.1 Å². The summed E-state index contributed by atoms with van der Waals surface area (Å²) >= 11 is 0. The normalized spacial score (nSPS) is 24.8. The van der Waals surface area contributed by atoms with Gasteiger partial charge in [0, 0.05) is 18.6 Å². The highest BCUT2D eigenvalue weighted by atomic mass is 19.3. The van der Waals surface area contributed by atoms with Crippen LogP contribution in [0.4, 0.5) is 8.78 Å². The number of aliphatic carboxylic acids is 1. The minimum absolute atomic E-state index is 0.00523. The van der Waals surface area contributed by atoms with Crippen molar-refractivity contribution in [2.75, 3.05) is 13.2 Å². The van der Waals surface area contributed by atoms with Crippen molar-refractivity contribution >= 4 is 5.97 Å². The number of morpholine rings is 1. The number of rotatable bonds is 4. The molecule has 1 unspecified atom stereocenters. The van der Waals surface area contributed by atoms with Gasteiger partial charge < -0.3 is 19.3 Å². The third kappa shape index (κ3) is 3.59. The number of halogens is 2. The lowest BCUT2D eigenvalue weighted by Gasteiger charge is -2.45. The van der Waals surface area contributed by atoms with Crippen LogP contribution in [0.25, 0.3) is 0 Å². The van der Waals surface area contributed by atoms with Gasteiger partial charge in [0.05, 0.1) is 19.1 Å². The van der Waals surface area contributed by atoms with E-state index < -0.39 is 18.4 Å². The van der Waals surface area contributed by atoms with Crippen LogP contribution >= 0.6 is 0 Å². The predicted octanol–water partition coefficient (Wildman–Crippen LogP) is 2.46. The van der Waals surface area contributed by atoms with Crippen LogP contribution in [-0.4, -0.2) is 47.1 Å². The Morgan fingerprint density at radius 3 is 2.75 bits per heavy atom. The van der Waals surface area contributed by atoms with E-state index in [4.69, 9.17) is 9.84 Å². The fourth-order valence-electron chi connectivity index (χ4n) is 2.87. The maximum Gasteiger partial charge on any atom is 0.586 e. The molecule has 8 heteroatoms. The number of hydrogen-bond acceptors (Lipinski definition) is 5. The molecule has 0 bridgehead atoms. The van der Waals surface area contributed by atoms with Crippen LogP contribution in [0.1, 0.15) is 25.8 Å². The Hall–Kier alpha value is -1.93. The maximum atomic E-state index is 13.1. The van der Waals surface area contributed by atoms with E-state index in [-0.39, 0.29) is 23.5 Å². The number of fused-ring (bicyclic) bond motifs is 1. The van der Waals surface area contributed by atoms with Crippen molar-refractivity contribution in [3.05, 3.63) is 23.8 Å². The Balaban J connectivity index is 1.73. The van der Waals surface area contributed by atoms with Gasteiger partial charge in [-0.05, 0) is 31.5 Å². The number of hydrogen-bond donors (Lipinski definition) is 1. The zero-order valence-corrected chi connectivity index (χ0v) is 13.4. The lowest BCUT2D eigenvalue weighted by Crippen LogP contribution is -2.55. The van der Waals surface area contributed by atoms with Crippen LogP contribution in [0.5, 0.6) is 11.5 Å². The van der Waals surface area contributed by atoms with Crippen molar-refractivity contribution < 1.29 is 32.9 Å². The van der Waals surface area contributed by atoms with Gasteiger partial charge >= 0.3 is 12.3 Å². The molecule has 1 atom stereocenters. The summed E-state index contributed by atoms with van der Waals surface area (Å²) in [6.45, 7) is 5.29. The average Bonchev–Trinajstić information content (AvgIpc) is 2.75. The van der Waals surface area contributed by atoms with Crippen LogP contribution in [0.2, 0.25) is 0 Å². The first-order chi connectivity index (χ1) is 11.1. The maximum absolute atomic E-state index is 13.1. The molecule has 0 aromatic heterocycles. The molecular formula is C16H19F2NO5. The standard InChI is InChI=1S/C16H19F2NO5/c1-15(2)9-22-11(6-14(20)21)8-19(15)7-10-3-4-12-13(5-10)24-16(17,18)23-12/h3-5,11H,6-9H2,1-2H3,(H,20,21). The molecule has 0 radical (unpaired) electrons. The third-order valence-electron chi connectivity index (χ3n) is 4.19. The highest BCUT2D eigenvalue weighted by molar-refractivity contribution is 5.67. The summed E-state index contributed by atoms with van der Waals surface area (Å²) in [5.74, 6) is -0.899. The number of carboxylic acid groups (broad SMARTS) is 1. The number of ether oxygens (including phenoxy) is 3. The second-order valence-electron chi connectivity index (χ2n) is 6.67. The zero-order chi connectivity index (χ0) is 17.5. The van der Waals surface area contributed by atoms with Gasteiger partial charge in [-0.15, -0.1) is 8.78 Å². The molecule has 1 N–H and O–H groups in total. The first kappa shape index (κ1) is 16.9. The van der Waals surface area contributed by atoms with Crippen molar-refractivity contribution in [2.24, 2.45) is 0 Å². The monoisotopic (exact) mass is 343 g/mol. The second-order valence-corrected chi connectivity index (χ2v) is 6.67. The van der Waals surface area contributed by atoms with Crippen molar-refractivity contribution in [1.82, 2.24) is 4.90 Å². The molecule has 1 saturated heterocycles. The minimum Gasteiger partial charge on any atom is -0.481 e. The van der Waals surface area contributed by atoms with E-state index in [2.05, 4.69) is 14.4 Å². The topological polar surface area (TPSA) is 68.2 Å². The van der Waals surface area contributed by atoms with Gasteiger partial charge in [0.2, 0.25) is 0 Å². The van der Waals surface area contributed by atoms with Crippen LogP contribution in [0.15, 0.2) is 18.2 Å². The molecule has 1 aromatic carbocycles. The van der Waals surface area contributed by atoms with E-state index in [9.17, 15) is 13.6 Å². The Kier molecular flexibility index (Phi) is 4.13. The van der Waals surface area contributed by atoms with Crippen molar-refractivity contribution in [1.29, 1.82) is 0 Å². The Labute approximate surface area is 137 Å². The van der Waals surface area contributed by atoms with Gasteiger partial charge in [0.15, 0.2) is 11.5 Å². The molecule has 1 fully saturated rings. The first-order valence-electron chi connectivity index (χ1n) is 7.62. The SMILES string of the molecule is CC1(C)COC(CC(=O)O)CN1Cc1ccc2c(c1)OC(F)(F)O2. The van der Waals surface area contributed by atoms with Gasteiger partial charge in [0.25, 0.3) is 0 Å². The zero-order valence-electron chi connectivity index (χ0n) is 13.4.